The van der Waals surface area contributed by atoms with Crippen molar-refractivity contribution in [2.45, 2.75) is 34.2 Å². The van der Waals surface area contributed by atoms with E-state index < -0.39 is 0 Å². The van der Waals surface area contributed by atoms with Gasteiger partial charge < -0.3 is 14.5 Å². The van der Waals surface area contributed by atoms with Gasteiger partial charge in [0.15, 0.2) is 17.1 Å². The van der Waals surface area contributed by atoms with Crippen LogP contribution in [0.25, 0.3) is 22.6 Å². The van der Waals surface area contributed by atoms with Gasteiger partial charge in [0.25, 0.3) is 0 Å². The van der Waals surface area contributed by atoms with Gasteiger partial charge in [0.1, 0.15) is 11.3 Å². The number of imidazole rings is 1. The van der Waals surface area contributed by atoms with Crippen LogP contribution in [0.3, 0.4) is 0 Å². The standard InChI is InChI=1S/C17H20N4O2/c1-9(2)7-21-17-15(11(4)20-21)18-16(19-17)12-6-14-13(5-10(12)3)22-8-23-14/h5-6,9H,7-8H2,1-4H3,(H,18,19). The van der Waals surface area contributed by atoms with Gasteiger partial charge in [-0.15, -0.1) is 0 Å². The summed E-state index contributed by atoms with van der Waals surface area (Å²) in [5, 5.41) is 4.58. The van der Waals surface area contributed by atoms with E-state index in [1.807, 2.05) is 23.7 Å². The minimum Gasteiger partial charge on any atom is -0.454 e. The Balaban J connectivity index is 1.84. The maximum Gasteiger partial charge on any atom is 0.231 e. The first kappa shape index (κ1) is 14.1. The minimum absolute atomic E-state index is 0.279. The van der Waals surface area contributed by atoms with E-state index >= 15 is 0 Å². The van der Waals surface area contributed by atoms with Crippen molar-refractivity contribution in [2.75, 3.05) is 6.79 Å². The van der Waals surface area contributed by atoms with Gasteiger partial charge >= 0.3 is 0 Å². The van der Waals surface area contributed by atoms with Crippen LogP contribution < -0.4 is 9.47 Å². The molecule has 0 aliphatic carbocycles. The summed E-state index contributed by atoms with van der Waals surface area (Å²) in [6.07, 6.45) is 0. The monoisotopic (exact) mass is 312 g/mol. The van der Waals surface area contributed by atoms with Crippen LogP contribution in [0.1, 0.15) is 25.1 Å². The first-order valence-corrected chi connectivity index (χ1v) is 7.86. The first-order chi connectivity index (χ1) is 11.0. The van der Waals surface area contributed by atoms with Gasteiger partial charge in [-0.3, -0.25) is 0 Å². The lowest BCUT2D eigenvalue weighted by Gasteiger charge is -2.06. The molecule has 0 saturated heterocycles. The molecule has 0 bridgehead atoms. The van der Waals surface area contributed by atoms with Crippen molar-refractivity contribution in [3.05, 3.63) is 23.4 Å². The molecular weight excluding hydrogens is 292 g/mol. The average Bonchev–Trinajstić information content (AvgIpc) is 3.15. The largest absolute Gasteiger partial charge is 0.454 e. The predicted octanol–water partition coefficient (Wildman–Crippen LogP) is 3.43. The van der Waals surface area contributed by atoms with Crippen LogP contribution in [0.5, 0.6) is 11.5 Å². The van der Waals surface area contributed by atoms with Crippen LogP contribution in [0.4, 0.5) is 0 Å². The summed E-state index contributed by atoms with van der Waals surface area (Å²) < 4.78 is 12.9. The van der Waals surface area contributed by atoms with E-state index in [0.29, 0.717) is 5.92 Å². The number of hydrogen-bond donors (Lipinski definition) is 1. The number of nitrogens with one attached hydrogen (secondary N) is 1. The lowest BCUT2D eigenvalue weighted by atomic mass is 10.1. The van der Waals surface area contributed by atoms with E-state index in [4.69, 9.17) is 14.5 Å². The molecule has 1 aliphatic heterocycles. The van der Waals surface area contributed by atoms with Crippen LogP contribution >= 0.6 is 0 Å². The summed E-state index contributed by atoms with van der Waals surface area (Å²) in [7, 11) is 0. The van der Waals surface area contributed by atoms with Crippen molar-refractivity contribution in [2.24, 2.45) is 5.92 Å². The quantitative estimate of drug-likeness (QED) is 0.804. The van der Waals surface area contributed by atoms with Crippen molar-refractivity contribution in [1.29, 1.82) is 0 Å². The predicted molar refractivity (Wildman–Crippen MR) is 87.7 cm³/mol. The molecule has 23 heavy (non-hydrogen) atoms. The molecule has 0 saturated carbocycles. The van der Waals surface area contributed by atoms with E-state index in [-0.39, 0.29) is 6.79 Å². The number of ether oxygens (including phenoxy) is 2. The summed E-state index contributed by atoms with van der Waals surface area (Å²) in [5.74, 6) is 2.93. The lowest BCUT2D eigenvalue weighted by molar-refractivity contribution is 0.174. The number of aryl methyl sites for hydroxylation is 2. The molecule has 0 unspecified atom stereocenters. The number of fused-ring (bicyclic) bond motifs is 2. The Morgan fingerprint density at radius 2 is 1.96 bits per heavy atom. The average molecular weight is 312 g/mol. The van der Waals surface area contributed by atoms with Gasteiger partial charge in [-0.1, -0.05) is 13.8 Å². The van der Waals surface area contributed by atoms with Crippen LogP contribution in [0, 0.1) is 19.8 Å². The Morgan fingerprint density at radius 3 is 2.70 bits per heavy atom. The number of rotatable bonds is 3. The molecule has 2 aromatic heterocycles. The maximum absolute atomic E-state index is 5.49. The number of hydrogen-bond acceptors (Lipinski definition) is 4. The second kappa shape index (κ2) is 5.01. The van der Waals surface area contributed by atoms with E-state index in [1.165, 1.54) is 0 Å². The van der Waals surface area contributed by atoms with Crippen molar-refractivity contribution in [3.63, 3.8) is 0 Å². The number of H-pyrrole nitrogens is 1. The fourth-order valence-electron chi connectivity index (χ4n) is 2.98. The molecule has 1 N–H and O–H groups in total. The third-order valence-corrected chi connectivity index (χ3v) is 4.07. The maximum atomic E-state index is 5.49. The number of benzene rings is 1. The Morgan fingerprint density at radius 1 is 1.22 bits per heavy atom. The van der Waals surface area contributed by atoms with E-state index in [2.05, 4.69) is 30.9 Å². The molecule has 6 nitrogen and oxygen atoms in total. The van der Waals surface area contributed by atoms with Gasteiger partial charge in [0, 0.05) is 12.1 Å². The second-order valence-corrected chi connectivity index (χ2v) is 6.47. The molecule has 0 atom stereocenters. The highest BCUT2D eigenvalue weighted by Gasteiger charge is 2.20. The smallest absolute Gasteiger partial charge is 0.231 e. The Bertz CT molecular complexity index is 892. The van der Waals surface area contributed by atoms with Crippen molar-refractivity contribution >= 4 is 11.2 Å². The fraction of sp³-hybridized carbons (Fsp3) is 0.412. The zero-order valence-corrected chi connectivity index (χ0v) is 13.8. The molecule has 0 amide bonds. The highest BCUT2D eigenvalue weighted by Crippen LogP contribution is 2.38. The number of aromatic nitrogens is 4. The second-order valence-electron chi connectivity index (χ2n) is 6.47. The molecule has 3 heterocycles. The van der Waals surface area contributed by atoms with Crippen molar-refractivity contribution < 1.29 is 9.47 Å². The topological polar surface area (TPSA) is 65.0 Å². The van der Waals surface area contributed by atoms with E-state index in [9.17, 15) is 0 Å². The lowest BCUT2D eigenvalue weighted by Crippen LogP contribution is -2.06. The normalized spacial score (nSPS) is 13.4. The highest BCUT2D eigenvalue weighted by molar-refractivity contribution is 5.80. The van der Waals surface area contributed by atoms with Crippen LogP contribution in [0.2, 0.25) is 0 Å². The number of nitrogens with zero attached hydrogens (tertiary/aromatic N) is 3. The number of aromatic amines is 1. The van der Waals surface area contributed by atoms with E-state index in [1.54, 1.807) is 0 Å². The molecule has 4 rings (SSSR count). The summed E-state index contributed by atoms with van der Waals surface area (Å²) in [6, 6.07) is 3.99. The molecule has 0 spiro atoms. The minimum atomic E-state index is 0.279. The Labute approximate surface area is 134 Å². The zero-order valence-electron chi connectivity index (χ0n) is 13.8. The Hall–Kier alpha value is -2.50. The van der Waals surface area contributed by atoms with Crippen molar-refractivity contribution in [3.8, 4) is 22.9 Å². The summed E-state index contributed by atoms with van der Waals surface area (Å²) >= 11 is 0. The van der Waals surface area contributed by atoms with Gasteiger partial charge in [-0.05, 0) is 37.5 Å². The van der Waals surface area contributed by atoms with E-state index in [0.717, 1.165) is 51.9 Å². The molecular formula is C17H20N4O2. The SMILES string of the molecule is Cc1cc2c(cc1-c1nc3c([nH]1)c(C)nn3CC(C)C)OCO2. The van der Waals surface area contributed by atoms with Crippen LogP contribution in [0.15, 0.2) is 12.1 Å². The van der Waals surface area contributed by atoms with Gasteiger partial charge in [0.2, 0.25) is 6.79 Å². The van der Waals surface area contributed by atoms with Gasteiger partial charge in [-0.25, -0.2) is 9.67 Å². The molecule has 120 valence electrons. The van der Waals surface area contributed by atoms with Gasteiger partial charge in [-0.2, -0.15) is 5.10 Å². The summed E-state index contributed by atoms with van der Waals surface area (Å²) in [5.41, 5.74) is 5.01. The van der Waals surface area contributed by atoms with Crippen molar-refractivity contribution in [1.82, 2.24) is 19.7 Å². The molecule has 0 fully saturated rings. The van der Waals surface area contributed by atoms with Crippen LogP contribution in [-0.4, -0.2) is 26.5 Å². The summed E-state index contributed by atoms with van der Waals surface area (Å²) in [4.78, 5) is 8.21. The third-order valence-electron chi connectivity index (χ3n) is 4.07. The third kappa shape index (κ3) is 2.25. The Kier molecular flexibility index (Phi) is 3.07. The van der Waals surface area contributed by atoms with Crippen LogP contribution in [-0.2, 0) is 6.54 Å². The molecule has 1 aromatic carbocycles. The zero-order chi connectivity index (χ0) is 16.1. The molecule has 1 aliphatic rings. The fourth-order valence-corrected chi connectivity index (χ4v) is 2.98. The molecule has 6 heteroatoms. The molecule has 0 radical (unpaired) electrons. The first-order valence-electron chi connectivity index (χ1n) is 7.86. The summed E-state index contributed by atoms with van der Waals surface area (Å²) in [6.45, 7) is 9.55. The van der Waals surface area contributed by atoms with Gasteiger partial charge in [0.05, 0.1) is 5.69 Å². The highest BCUT2D eigenvalue weighted by atomic mass is 16.7. The molecule has 3 aromatic rings.